The van der Waals surface area contributed by atoms with Gasteiger partial charge in [-0.1, -0.05) is 0 Å². The number of carbonyl (C=O) groups is 1. The van der Waals surface area contributed by atoms with Crippen LogP contribution < -0.4 is 17.2 Å². The van der Waals surface area contributed by atoms with Crippen LogP contribution in [-0.4, -0.2) is 33.3 Å². The van der Waals surface area contributed by atoms with E-state index < -0.39 is 17.8 Å². The lowest BCUT2D eigenvalue weighted by Gasteiger charge is -2.15. The van der Waals surface area contributed by atoms with Crippen LogP contribution in [0.15, 0.2) is 11.0 Å². The van der Waals surface area contributed by atoms with Crippen molar-refractivity contribution < 1.29 is 14.6 Å². The van der Waals surface area contributed by atoms with E-state index in [1.165, 1.54) is 10.8 Å². The second-order valence-corrected chi connectivity index (χ2v) is 4.07. The van der Waals surface area contributed by atoms with E-state index in [4.69, 9.17) is 21.3 Å². The zero-order valence-electron chi connectivity index (χ0n) is 9.57. The Morgan fingerprint density at radius 3 is 2.89 bits per heavy atom. The Kier molecular flexibility index (Phi) is 3.30. The molecule has 2 heterocycles. The van der Waals surface area contributed by atoms with Gasteiger partial charge in [-0.15, -0.1) is 0 Å². The zero-order valence-corrected chi connectivity index (χ0v) is 9.57. The van der Waals surface area contributed by atoms with Crippen LogP contribution >= 0.6 is 0 Å². The number of carbonyl (C=O) groups excluding carboxylic acids is 1. The molecule has 2 atom stereocenters. The fourth-order valence-corrected chi connectivity index (χ4v) is 1.90. The molecule has 1 saturated heterocycles. The molecule has 0 unspecified atom stereocenters. The molecule has 18 heavy (non-hydrogen) atoms. The van der Waals surface area contributed by atoms with Crippen molar-refractivity contribution in [1.82, 2.24) is 9.55 Å². The first kappa shape index (κ1) is 12.5. The second-order valence-electron chi connectivity index (χ2n) is 4.07. The van der Waals surface area contributed by atoms with E-state index in [0.717, 1.165) is 0 Å². The average Bonchev–Trinajstić information content (AvgIpc) is 2.77. The van der Waals surface area contributed by atoms with E-state index in [-0.39, 0.29) is 24.1 Å². The van der Waals surface area contributed by atoms with E-state index in [0.29, 0.717) is 12.8 Å². The Morgan fingerprint density at radius 1 is 1.61 bits per heavy atom. The van der Waals surface area contributed by atoms with E-state index in [1.807, 2.05) is 0 Å². The summed E-state index contributed by atoms with van der Waals surface area (Å²) >= 11 is 0. The van der Waals surface area contributed by atoms with Crippen molar-refractivity contribution in [3.05, 3.63) is 22.2 Å². The van der Waals surface area contributed by atoms with Crippen LogP contribution in [0.2, 0.25) is 0 Å². The minimum atomic E-state index is -0.759. The predicted molar refractivity (Wildman–Crippen MR) is 61.7 cm³/mol. The lowest BCUT2D eigenvalue weighted by molar-refractivity contribution is -0.0246. The van der Waals surface area contributed by atoms with Gasteiger partial charge in [0.2, 0.25) is 0 Å². The number of aliphatic hydroxyl groups excluding tert-OH is 1. The molecule has 8 nitrogen and oxygen atoms in total. The Morgan fingerprint density at radius 2 is 2.33 bits per heavy atom. The van der Waals surface area contributed by atoms with Gasteiger partial charge in [0.15, 0.2) is 0 Å². The summed E-state index contributed by atoms with van der Waals surface area (Å²) in [6.07, 6.45) is 1.56. The Labute approximate surface area is 102 Å². The number of ether oxygens (including phenoxy) is 1. The molecule has 1 fully saturated rings. The third kappa shape index (κ3) is 2.20. The second kappa shape index (κ2) is 4.75. The standard InChI is InChI=1S/C10H14N4O4/c11-8-6(9(12)16)3-14(10(17)13-8)7-2-1-5(4-15)18-7/h3,5,7,15H,1-2,4H2,(H2,12,16)(H2,11,13,17)/t5-,7+/m0/s1. The highest BCUT2D eigenvalue weighted by Crippen LogP contribution is 2.27. The monoisotopic (exact) mass is 254 g/mol. The molecular formula is C10H14N4O4. The third-order valence-electron chi connectivity index (χ3n) is 2.85. The van der Waals surface area contributed by atoms with E-state index in [1.54, 1.807) is 0 Å². The van der Waals surface area contributed by atoms with E-state index >= 15 is 0 Å². The van der Waals surface area contributed by atoms with Gasteiger partial charge in [-0.3, -0.25) is 9.36 Å². The Balaban J connectivity index is 2.36. The molecule has 0 radical (unpaired) electrons. The molecule has 1 aromatic heterocycles. The molecule has 5 N–H and O–H groups in total. The third-order valence-corrected chi connectivity index (χ3v) is 2.85. The number of aromatic nitrogens is 2. The fourth-order valence-electron chi connectivity index (χ4n) is 1.90. The maximum atomic E-state index is 11.7. The van der Waals surface area contributed by atoms with Crippen molar-refractivity contribution in [3.8, 4) is 0 Å². The molecule has 1 aliphatic rings. The number of amides is 1. The summed E-state index contributed by atoms with van der Waals surface area (Å²) in [5, 5.41) is 8.96. The number of aliphatic hydroxyl groups is 1. The molecule has 2 rings (SSSR count). The fraction of sp³-hybridized carbons (Fsp3) is 0.500. The zero-order chi connectivity index (χ0) is 13.3. The highest BCUT2D eigenvalue weighted by atomic mass is 16.5. The maximum absolute atomic E-state index is 11.7. The number of nitrogen functional groups attached to an aromatic ring is 1. The maximum Gasteiger partial charge on any atom is 0.351 e. The van der Waals surface area contributed by atoms with Crippen LogP contribution in [0.5, 0.6) is 0 Å². The van der Waals surface area contributed by atoms with Gasteiger partial charge in [0, 0.05) is 6.20 Å². The van der Waals surface area contributed by atoms with Crippen LogP contribution in [0.25, 0.3) is 0 Å². The van der Waals surface area contributed by atoms with Crippen molar-refractivity contribution >= 4 is 11.7 Å². The number of nitrogens with zero attached hydrogens (tertiary/aromatic N) is 2. The topological polar surface area (TPSA) is 133 Å². The van der Waals surface area contributed by atoms with Gasteiger partial charge in [0.1, 0.15) is 12.0 Å². The van der Waals surface area contributed by atoms with Crippen molar-refractivity contribution in [2.45, 2.75) is 25.2 Å². The van der Waals surface area contributed by atoms with Crippen LogP contribution in [0, 0.1) is 0 Å². The average molecular weight is 254 g/mol. The van der Waals surface area contributed by atoms with Gasteiger partial charge in [-0.05, 0) is 12.8 Å². The first-order chi connectivity index (χ1) is 8.52. The van der Waals surface area contributed by atoms with Gasteiger partial charge >= 0.3 is 5.69 Å². The van der Waals surface area contributed by atoms with Crippen LogP contribution in [0.3, 0.4) is 0 Å². The molecule has 0 bridgehead atoms. The largest absolute Gasteiger partial charge is 0.394 e. The lowest BCUT2D eigenvalue weighted by atomic mass is 10.2. The highest BCUT2D eigenvalue weighted by Gasteiger charge is 2.27. The summed E-state index contributed by atoms with van der Waals surface area (Å²) in [5.41, 5.74) is 9.94. The summed E-state index contributed by atoms with van der Waals surface area (Å²) in [5.74, 6) is -0.953. The lowest BCUT2D eigenvalue weighted by Crippen LogP contribution is -2.31. The number of primary amides is 1. The van der Waals surface area contributed by atoms with Gasteiger partial charge < -0.3 is 21.3 Å². The number of rotatable bonds is 3. The summed E-state index contributed by atoms with van der Waals surface area (Å²) in [6, 6.07) is 0. The summed E-state index contributed by atoms with van der Waals surface area (Å²) in [6.45, 7) is -0.115. The molecule has 1 aliphatic heterocycles. The van der Waals surface area contributed by atoms with Crippen molar-refractivity contribution in [2.24, 2.45) is 5.73 Å². The Bertz CT molecular complexity index is 527. The smallest absolute Gasteiger partial charge is 0.351 e. The molecule has 0 aliphatic carbocycles. The number of hydrogen-bond acceptors (Lipinski definition) is 6. The first-order valence-electron chi connectivity index (χ1n) is 5.47. The molecule has 0 spiro atoms. The molecule has 8 heteroatoms. The SMILES string of the molecule is NC(=O)c1cn([C@H]2CC[C@@H](CO)O2)c(=O)nc1N. The minimum absolute atomic E-state index is 0.0225. The molecule has 0 aromatic carbocycles. The van der Waals surface area contributed by atoms with Crippen LogP contribution in [0.4, 0.5) is 5.82 Å². The number of hydrogen-bond donors (Lipinski definition) is 3. The molecule has 1 amide bonds. The Hall–Kier alpha value is -1.93. The van der Waals surface area contributed by atoms with Gasteiger partial charge in [0.25, 0.3) is 5.91 Å². The minimum Gasteiger partial charge on any atom is -0.394 e. The van der Waals surface area contributed by atoms with Gasteiger partial charge in [-0.2, -0.15) is 4.98 Å². The molecular weight excluding hydrogens is 240 g/mol. The molecule has 98 valence electrons. The first-order valence-corrected chi connectivity index (χ1v) is 5.47. The van der Waals surface area contributed by atoms with Crippen LogP contribution in [0.1, 0.15) is 29.4 Å². The quantitative estimate of drug-likeness (QED) is 0.607. The van der Waals surface area contributed by atoms with Gasteiger partial charge in [0.05, 0.1) is 18.3 Å². The van der Waals surface area contributed by atoms with E-state index in [9.17, 15) is 9.59 Å². The highest BCUT2D eigenvalue weighted by molar-refractivity contribution is 5.96. The summed E-state index contributed by atoms with van der Waals surface area (Å²) in [4.78, 5) is 26.3. The van der Waals surface area contributed by atoms with Crippen LogP contribution in [-0.2, 0) is 4.74 Å². The normalized spacial score (nSPS) is 23.2. The number of anilines is 1. The van der Waals surface area contributed by atoms with Gasteiger partial charge in [-0.25, -0.2) is 4.79 Å². The van der Waals surface area contributed by atoms with Crippen molar-refractivity contribution in [1.29, 1.82) is 0 Å². The number of nitrogens with two attached hydrogens (primary N) is 2. The summed E-state index contributed by atoms with van der Waals surface area (Å²) < 4.78 is 6.60. The van der Waals surface area contributed by atoms with Crippen molar-refractivity contribution in [2.75, 3.05) is 12.3 Å². The van der Waals surface area contributed by atoms with E-state index in [2.05, 4.69) is 4.98 Å². The molecule has 1 aromatic rings. The molecule has 0 saturated carbocycles. The predicted octanol–water partition coefficient (Wildman–Crippen LogP) is -1.41. The van der Waals surface area contributed by atoms with Crippen molar-refractivity contribution in [3.63, 3.8) is 0 Å². The summed E-state index contributed by atoms with van der Waals surface area (Å²) in [7, 11) is 0.